The third-order valence-corrected chi connectivity index (χ3v) is 2.33. The highest BCUT2D eigenvalue weighted by Crippen LogP contribution is 2.29. The van der Waals surface area contributed by atoms with E-state index in [1.54, 1.807) is 0 Å². The van der Waals surface area contributed by atoms with Crippen molar-refractivity contribution in [2.45, 2.75) is 44.5 Å². The number of ether oxygens (including phenoxy) is 2. The van der Waals surface area contributed by atoms with E-state index in [0.717, 1.165) is 12.8 Å². The summed E-state index contributed by atoms with van der Waals surface area (Å²) in [7, 11) is 0. The van der Waals surface area contributed by atoms with Gasteiger partial charge in [0.25, 0.3) is 0 Å². The maximum absolute atomic E-state index is 10.8. The maximum atomic E-state index is 10.8. The molecule has 0 bridgehead atoms. The molecule has 0 aromatic heterocycles. The van der Waals surface area contributed by atoms with Crippen molar-refractivity contribution in [1.82, 2.24) is 0 Å². The van der Waals surface area contributed by atoms with Crippen LogP contribution in [-0.4, -0.2) is 24.3 Å². The summed E-state index contributed by atoms with van der Waals surface area (Å²) in [4.78, 5) is 10.8. The van der Waals surface area contributed by atoms with Gasteiger partial charge in [-0.1, -0.05) is 0 Å². The van der Waals surface area contributed by atoms with Crippen molar-refractivity contribution in [3.8, 4) is 0 Å². The van der Waals surface area contributed by atoms with Crippen molar-refractivity contribution in [2.75, 3.05) is 0 Å². The highest BCUT2D eigenvalue weighted by molar-refractivity contribution is 5.72. The molecular formula is C8H12O3. The summed E-state index contributed by atoms with van der Waals surface area (Å²) >= 11 is 0. The Bertz CT molecular complexity index is 178. The second-order valence-corrected chi connectivity index (χ2v) is 3.29. The van der Waals surface area contributed by atoms with Crippen LogP contribution >= 0.6 is 0 Å². The molecule has 62 valence electrons. The first kappa shape index (κ1) is 7.10. The predicted molar refractivity (Wildman–Crippen MR) is 38.1 cm³/mol. The van der Waals surface area contributed by atoms with Crippen molar-refractivity contribution in [2.24, 2.45) is 0 Å². The van der Waals surface area contributed by atoms with Crippen LogP contribution in [-0.2, 0) is 14.3 Å². The molecule has 0 radical (unpaired) electrons. The lowest BCUT2D eigenvalue weighted by Gasteiger charge is -2.28. The van der Waals surface area contributed by atoms with Gasteiger partial charge in [0, 0.05) is 0 Å². The predicted octanol–water partition coefficient (Wildman–Crippen LogP) is 0.869. The van der Waals surface area contributed by atoms with Crippen molar-refractivity contribution < 1.29 is 14.3 Å². The van der Waals surface area contributed by atoms with Gasteiger partial charge in [0.1, 0.15) is 12.2 Å². The first-order chi connectivity index (χ1) is 5.25. The standard InChI is InChI=1S/C8H12O3/c1-5-2-3-6-7(10-5)4-8(9)11-6/h5-7H,2-4H2,1H3/t5-,6-,7+/m1/s1. The molecule has 0 N–H and O–H groups in total. The van der Waals surface area contributed by atoms with E-state index in [9.17, 15) is 4.79 Å². The normalized spacial score (nSPS) is 43.4. The number of hydrogen-bond donors (Lipinski definition) is 0. The molecule has 0 unspecified atom stereocenters. The Balaban J connectivity index is 2.02. The lowest BCUT2D eigenvalue weighted by molar-refractivity contribution is -0.144. The largest absolute Gasteiger partial charge is 0.460 e. The zero-order valence-corrected chi connectivity index (χ0v) is 6.58. The van der Waals surface area contributed by atoms with E-state index in [1.165, 1.54) is 0 Å². The molecule has 0 saturated carbocycles. The molecule has 2 aliphatic heterocycles. The molecule has 2 aliphatic rings. The van der Waals surface area contributed by atoms with E-state index in [0.29, 0.717) is 12.5 Å². The first-order valence-corrected chi connectivity index (χ1v) is 4.10. The molecular weight excluding hydrogens is 144 g/mol. The molecule has 0 aliphatic carbocycles. The monoisotopic (exact) mass is 156 g/mol. The number of rotatable bonds is 0. The maximum Gasteiger partial charge on any atom is 0.308 e. The van der Waals surface area contributed by atoms with E-state index in [-0.39, 0.29) is 18.2 Å². The second-order valence-electron chi connectivity index (χ2n) is 3.29. The summed E-state index contributed by atoms with van der Waals surface area (Å²) in [5.41, 5.74) is 0. The Kier molecular flexibility index (Phi) is 1.60. The van der Waals surface area contributed by atoms with E-state index >= 15 is 0 Å². The van der Waals surface area contributed by atoms with Gasteiger partial charge in [0.15, 0.2) is 0 Å². The van der Waals surface area contributed by atoms with Gasteiger partial charge in [-0.3, -0.25) is 4.79 Å². The van der Waals surface area contributed by atoms with Crippen LogP contribution in [0.1, 0.15) is 26.2 Å². The fourth-order valence-electron chi connectivity index (χ4n) is 1.73. The van der Waals surface area contributed by atoms with Crippen LogP contribution < -0.4 is 0 Å². The SMILES string of the molecule is C[C@@H]1CC[C@H]2OC(=O)C[C@@H]2O1. The summed E-state index contributed by atoms with van der Waals surface area (Å²) in [5, 5.41) is 0. The summed E-state index contributed by atoms with van der Waals surface area (Å²) in [6.07, 6.45) is 2.83. The van der Waals surface area contributed by atoms with Crippen molar-refractivity contribution >= 4 is 5.97 Å². The number of fused-ring (bicyclic) bond motifs is 1. The van der Waals surface area contributed by atoms with Gasteiger partial charge >= 0.3 is 5.97 Å². The summed E-state index contributed by atoms with van der Waals surface area (Å²) in [6.45, 7) is 2.04. The molecule has 2 saturated heterocycles. The smallest absolute Gasteiger partial charge is 0.308 e. The molecule has 0 aromatic carbocycles. The zero-order chi connectivity index (χ0) is 7.84. The quantitative estimate of drug-likeness (QED) is 0.488. The van der Waals surface area contributed by atoms with Crippen molar-refractivity contribution in [3.05, 3.63) is 0 Å². The van der Waals surface area contributed by atoms with Gasteiger partial charge in [0.05, 0.1) is 12.5 Å². The Labute approximate surface area is 65.7 Å². The van der Waals surface area contributed by atoms with Gasteiger partial charge in [0.2, 0.25) is 0 Å². The molecule has 2 heterocycles. The molecule has 3 heteroatoms. The molecule has 0 amide bonds. The van der Waals surface area contributed by atoms with Crippen LogP contribution in [0.25, 0.3) is 0 Å². The van der Waals surface area contributed by atoms with Crippen LogP contribution in [0.4, 0.5) is 0 Å². The molecule has 3 nitrogen and oxygen atoms in total. The number of esters is 1. The average Bonchev–Trinajstić information content (AvgIpc) is 2.27. The number of hydrogen-bond acceptors (Lipinski definition) is 3. The van der Waals surface area contributed by atoms with Gasteiger partial charge in [-0.15, -0.1) is 0 Å². The van der Waals surface area contributed by atoms with Crippen molar-refractivity contribution in [1.29, 1.82) is 0 Å². The minimum atomic E-state index is -0.103. The fourth-order valence-corrected chi connectivity index (χ4v) is 1.73. The molecule has 11 heavy (non-hydrogen) atoms. The number of carbonyl (C=O) groups is 1. The van der Waals surface area contributed by atoms with Gasteiger partial charge in [-0.25, -0.2) is 0 Å². The Morgan fingerprint density at radius 1 is 1.36 bits per heavy atom. The van der Waals surface area contributed by atoms with E-state index in [2.05, 4.69) is 0 Å². The van der Waals surface area contributed by atoms with Gasteiger partial charge in [-0.2, -0.15) is 0 Å². The molecule has 0 aromatic rings. The second kappa shape index (κ2) is 2.48. The lowest BCUT2D eigenvalue weighted by atomic mass is 10.0. The van der Waals surface area contributed by atoms with E-state index in [1.807, 2.05) is 6.92 Å². The third kappa shape index (κ3) is 1.25. The molecule has 2 fully saturated rings. The van der Waals surface area contributed by atoms with Crippen LogP contribution in [0.3, 0.4) is 0 Å². The van der Waals surface area contributed by atoms with E-state index in [4.69, 9.17) is 9.47 Å². The Morgan fingerprint density at radius 3 is 3.00 bits per heavy atom. The fraction of sp³-hybridized carbons (Fsp3) is 0.875. The van der Waals surface area contributed by atoms with E-state index < -0.39 is 0 Å². The zero-order valence-electron chi connectivity index (χ0n) is 6.58. The Morgan fingerprint density at radius 2 is 2.18 bits per heavy atom. The summed E-state index contributed by atoms with van der Waals surface area (Å²) < 4.78 is 10.6. The molecule has 0 spiro atoms. The van der Waals surface area contributed by atoms with Gasteiger partial charge in [-0.05, 0) is 19.8 Å². The first-order valence-electron chi connectivity index (χ1n) is 4.10. The highest BCUT2D eigenvalue weighted by atomic mass is 16.6. The highest BCUT2D eigenvalue weighted by Gasteiger charge is 2.39. The van der Waals surface area contributed by atoms with Crippen molar-refractivity contribution in [3.63, 3.8) is 0 Å². The summed E-state index contributed by atoms with van der Waals surface area (Å²) in [5.74, 6) is -0.103. The Hall–Kier alpha value is -0.570. The van der Waals surface area contributed by atoms with Crippen LogP contribution in [0.2, 0.25) is 0 Å². The lowest BCUT2D eigenvalue weighted by Crippen LogP contribution is -2.34. The molecule has 3 atom stereocenters. The number of carbonyl (C=O) groups excluding carboxylic acids is 1. The average molecular weight is 156 g/mol. The minimum Gasteiger partial charge on any atom is -0.460 e. The van der Waals surface area contributed by atoms with Crippen LogP contribution in [0.15, 0.2) is 0 Å². The third-order valence-electron chi connectivity index (χ3n) is 2.33. The minimum absolute atomic E-state index is 0.0475. The van der Waals surface area contributed by atoms with Gasteiger partial charge < -0.3 is 9.47 Å². The summed E-state index contributed by atoms with van der Waals surface area (Å²) in [6, 6.07) is 0. The molecule has 2 rings (SSSR count). The van der Waals surface area contributed by atoms with Crippen LogP contribution in [0.5, 0.6) is 0 Å². The topological polar surface area (TPSA) is 35.5 Å². The van der Waals surface area contributed by atoms with Crippen LogP contribution in [0, 0.1) is 0 Å².